The van der Waals surface area contributed by atoms with Crippen molar-refractivity contribution in [3.05, 3.63) is 23.3 Å². The molecule has 1 aromatic carbocycles. The molecule has 23 heavy (non-hydrogen) atoms. The van der Waals surface area contributed by atoms with Gasteiger partial charge in [0.05, 0.1) is 7.11 Å². The van der Waals surface area contributed by atoms with Gasteiger partial charge in [0.15, 0.2) is 5.75 Å². The lowest BCUT2D eigenvalue weighted by Gasteiger charge is -2.42. The van der Waals surface area contributed by atoms with Crippen molar-refractivity contribution in [1.29, 1.82) is 0 Å². The molecule has 130 valence electrons. The maximum Gasteiger partial charge on any atom is 0.258 e. The van der Waals surface area contributed by atoms with Crippen LogP contribution in [0.4, 0.5) is 0 Å². The minimum absolute atomic E-state index is 0.560. The molecule has 0 spiro atoms. The van der Waals surface area contributed by atoms with Crippen LogP contribution in [-0.2, 0) is 13.0 Å². The number of hydrogen-bond acceptors (Lipinski definition) is 3. The minimum atomic E-state index is -1.96. The predicted molar refractivity (Wildman–Crippen MR) is 100 cm³/mol. The molecule has 3 nitrogen and oxygen atoms in total. The van der Waals surface area contributed by atoms with Crippen LogP contribution >= 0.6 is 0 Å². The van der Waals surface area contributed by atoms with Crippen LogP contribution < -0.4 is 14.5 Å². The van der Waals surface area contributed by atoms with E-state index in [1.54, 1.807) is 7.11 Å². The van der Waals surface area contributed by atoms with E-state index in [1.165, 1.54) is 11.1 Å². The Morgan fingerprint density at radius 1 is 0.913 bits per heavy atom. The smallest absolute Gasteiger partial charge is 0.258 e. The fraction of sp³-hybridized carbons (Fsp3) is 0.684. The Hall–Kier alpha value is -1.00. The normalized spacial score (nSPS) is 15.2. The molecule has 0 unspecified atom stereocenters. The molecule has 1 aromatic rings. The Morgan fingerprint density at radius 3 is 2.00 bits per heavy atom. The van der Waals surface area contributed by atoms with Crippen LogP contribution in [0.5, 0.6) is 11.5 Å². The third-order valence-corrected chi connectivity index (χ3v) is 11.4. The maximum atomic E-state index is 6.87. The third kappa shape index (κ3) is 3.43. The van der Waals surface area contributed by atoms with Gasteiger partial charge in [0.1, 0.15) is 5.75 Å². The molecule has 0 bridgehead atoms. The standard InChI is InChI=1S/C19H33NO2Si/c1-13(2)23(14(3)4,15(5)6)22-19-10-16-8-9-20-12-17(16)11-18(19)21-7/h10-11,13-15,20H,8-9,12H2,1-7H3. The van der Waals surface area contributed by atoms with E-state index in [4.69, 9.17) is 9.16 Å². The Labute approximate surface area is 142 Å². The molecule has 1 N–H and O–H groups in total. The van der Waals surface area contributed by atoms with Crippen molar-refractivity contribution < 1.29 is 9.16 Å². The second-order valence-corrected chi connectivity index (χ2v) is 13.0. The monoisotopic (exact) mass is 335 g/mol. The molecule has 0 saturated heterocycles. The van der Waals surface area contributed by atoms with E-state index in [2.05, 4.69) is 59.0 Å². The summed E-state index contributed by atoms with van der Waals surface area (Å²) in [6.07, 6.45) is 1.06. The van der Waals surface area contributed by atoms with Crippen LogP contribution in [0, 0.1) is 0 Å². The first kappa shape index (κ1) is 18.3. The number of ether oxygens (including phenoxy) is 1. The van der Waals surface area contributed by atoms with Gasteiger partial charge in [-0.05, 0) is 52.8 Å². The first-order valence-corrected chi connectivity index (χ1v) is 11.1. The molecule has 1 heterocycles. The highest BCUT2D eigenvalue weighted by atomic mass is 28.4. The molecule has 1 aliphatic rings. The molecule has 0 atom stereocenters. The number of fused-ring (bicyclic) bond motifs is 1. The highest BCUT2D eigenvalue weighted by Crippen LogP contribution is 2.45. The number of nitrogens with one attached hydrogen (secondary N) is 1. The van der Waals surface area contributed by atoms with Crippen molar-refractivity contribution in [2.24, 2.45) is 0 Å². The number of benzene rings is 1. The van der Waals surface area contributed by atoms with Gasteiger partial charge in [-0.3, -0.25) is 0 Å². The van der Waals surface area contributed by atoms with Gasteiger partial charge in [-0.1, -0.05) is 41.5 Å². The zero-order chi connectivity index (χ0) is 17.2. The third-order valence-electron chi connectivity index (χ3n) is 5.37. The van der Waals surface area contributed by atoms with Gasteiger partial charge >= 0.3 is 0 Å². The first-order chi connectivity index (χ1) is 10.8. The van der Waals surface area contributed by atoms with Gasteiger partial charge in [0.2, 0.25) is 0 Å². The molecular formula is C19H33NO2Si. The summed E-state index contributed by atoms with van der Waals surface area (Å²) in [4.78, 5) is 0. The summed E-state index contributed by atoms with van der Waals surface area (Å²) in [7, 11) is -0.213. The lowest BCUT2D eigenvalue weighted by atomic mass is 10.0. The lowest BCUT2D eigenvalue weighted by Crippen LogP contribution is -2.50. The Kier molecular flexibility index (Phi) is 5.79. The number of rotatable bonds is 6. The topological polar surface area (TPSA) is 30.5 Å². The van der Waals surface area contributed by atoms with Gasteiger partial charge in [0, 0.05) is 6.54 Å². The summed E-state index contributed by atoms with van der Waals surface area (Å²) in [6, 6.07) is 4.40. The van der Waals surface area contributed by atoms with Crippen molar-refractivity contribution in [2.75, 3.05) is 13.7 Å². The van der Waals surface area contributed by atoms with Crippen LogP contribution in [0.25, 0.3) is 0 Å². The molecule has 2 rings (SSSR count). The summed E-state index contributed by atoms with van der Waals surface area (Å²) < 4.78 is 12.5. The van der Waals surface area contributed by atoms with E-state index >= 15 is 0 Å². The fourth-order valence-corrected chi connectivity index (χ4v) is 9.52. The summed E-state index contributed by atoms with van der Waals surface area (Å²) in [6.45, 7) is 15.9. The molecule has 0 saturated carbocycles. The van der Waals surface area contributed by atoms with Crippen molar-refractivity contribution in [3.8, 4) is 11.5 Å². The van der Waals surface area contributed by atoms with E-state index in [-0.39, 0.29) is 0 Å². The van der Waals surface area contributed by atoms with Crippen LogP contribution in [0.3, 0.4) is 0 Å². The Bertz CT molecular complexity index is 519. The van der Waals surface area contributed by atoms with E-state index in [1.807, 2.05) is 0 Å². The quantitative estimate of drug-likeness (QED) is 0.750. The zero-order valence-corrected chi connectivity index (χ0v) is 16.8. The largest absolute Gasteiger partial charge is 0.540 e. The zero-order valence-electron chi connectivity index (χ0n) is 15.8. The van der Waals surface area contributed by atoms with Crippen molar-refractivity contribution >= 4 is 8.32 Å². The van der Waals surface area contributed by atoms with Crippen LogP contribution in [0.2, 0.25) is 16.6 Å². The predicted octanol–water partition coefficient (Wildman–Crippen LogP) is 4.90. The van der Waals surface area contributed by atoms with Gasteiger partial charge in [-0.15, -0.1) is 0 Å². The summed E-state index contributed by atoms with van der Waals surface area (Å²) >= 11 is 0. The van der Waals surface area contributed by atoms with E-state index < -0.39 is 8.32 Å². The highest BCUT2D eigenvalue weighted by molar-refractivity contribution is 6.78. The second-order valence-electron chi connectivity index (χ2n) is 7.62. The van der Waals surface area contributed by atoms with E-state index in [0.29, 0.717) is 16.6 Å². The number of hydrogen-bond donors (Lipinski definition) is 1. The van der Waals surface area contributed by atoms with E-state index in [0.717, 1.165) is 31.0 Å². The SMILES string of the molecule is COc1cc2c(cc1O[Si](C(C)C)(C(C)C)C(C)C)CCNC2. The molecule has 0 fully saturated rings. The number of methoxy groups -OCH3 is 1. The average molecular weight is 336 g/mol. The summed E-state index contributed by atoms with van der Waals surface area (Å²) in [5.74, 6) is 1.84. The average Bonchev–Trinajstić information content (AvgIpc) is 2.50. The molecular weight excluding hydrogens is 302 g/mol. The first-order valence-electron chi connectivity index (χ1n) is 8.92. The van der Waals surface area contributed by atoms with Gasteiger partial charge in [0.25, 0.3) is 8.32 Å². The fourth-order valence-electron chi connectivity index (χ4n) is 4.27. The van der Waals surface area contributed by atoms with Crippen molar-refractivity contribution in [2.45, 2.75) is 71.1 Å². The van der Waals surface area contributed by atoms with Gasteiger partial charge in [-0.25, -0.2) is 0 Å². The second kappa shape index (κ2) is 7.26. The van der Waals surface area contributed by atoms with Gasteiger partial charge < -0.3 is 14.5 Å². The highest BCUT2D eigenvalue weighted by Gasteiger charge is 2.47. The summed E-state index contributed by atoms with van der Waals surface area (Å²) in [5, 5.41) is 3.43. The molecule has 0 amide bonds. The maximum absolute atomic E-state index is 6.87. The van der Waals surface area contributed by atoms with Crippen LogP contribution in [0.1, 0.15) is 52.7 Å². The minimum Gasteiger partial charge on any atom is -0.540 e. The molecule has 0 radical (unpaired) electrons. The van der Waals surface area contributed by atoms with E-state index in [9.17, 15) is 0 Å². The molecule has 0 aromatic heterocycles. The molecule has 0 aliphatic carbocycles. The van der Waals surface area contributed by atoms with Crippen molar-refractivity contribution in [3.63, 3.8) is 0 Å². The summed E-state index contributed by atoms with van der Waals surface area (Å²) in [5.41, 5.74) is 4.42. The molecule has 1 aliphatic heterocycles. The van der Waals surface area contributed by atoms with Crippen molar-refractivity contribution in [1.82, 2.24) is 5.32 Å². The van der Waals surface area contributed by atoms with Gasteiger partial charge in [-0.2, -0.15) is 0 Å². The molecule has 4 heteroatoms. The van der Waals surface area contributed by atoms with Crippen LogP contribution in [0.15, 0.2) is 12.1 Å². The van der Waals surface area contributed by atoms with Crippen LogP contribution in [-0.4, -0.2) is 22.0 Å². The Morgan fingerprint density at radius 2 is 1.48 bits per heavy atom. The lowest BCUT2D eigenvalue weighted by molar-refractivity contribution is 0.381. The Balaban J connectivity index is 2.47.